The van der Waals surface area contributed by atoms with Gasteiger partial charge in [-0.3, -0.25) is 4.79 Å². The second-order valence-electron chi connectivity index (χ2n) is 6.27. The Balaban J connectivity index is 1.52. The molecule has 0 aliphatic carbocycles. The zero-order valence-electron chi connectivity index (χ0n) is 15.8. The molecule has 5 nitrogen and oxygen atoms in total. The van der Waals surface area contributed by atoms with Crippen molar-refractivity contribution in [2.45, 2.75) is 13.5 Å². The molecular weight excluding hydrogens is 350 g/mol. The highest BCUT2D eigenvalue weighted by Gasteiger charge is 2.03. The Morgan fingerprint density at radius 3 is 2.50 bits per heavy atom. The van der Waals surface area contributed by atoms with Gasteiger partial charge in [0.15, 0.2) is 0 Å². The van der Waals surface area contributed by atoms with Gasteiger partial charge in [0.1, 0.15) is 12.4 Å². The van der Waals surface area contributed by atoms with Crippen LogP contribution in [0.3, 0.4) is 0 Å². The maximum atomic E-state index is 12.0. The molecule has 142 valence electrons. The summed E-state index contributed by atoms with van der Waals surface area (Å²) in [4.78, 5) is 12.0. The molecule has 0 fully saturated rings. The Kier molecular flexibility index (Phi) is 6.79. The maximum absolute atomic E-state index is 12.0. The molecule has 5 heteroatoms. The van der Waals surface area contributed by atoms with E-state index in [0.29, 0.717) is 12.4 Å². The van der Waals surface area contributed by atoms with Crippen molar-refractivity contribution in [1.82, 2.24) is 5.43 Å². The van der Waals surface area contributed by atoms with E-state index in [1.807, 2.05) is 85.8 Å². The number of benzene rings is 3. The van der Waals surface area contributed by atoms with E-state index in [9.17, 15) is 4.79 Å². The van der Waals surface area contributed by atoms with Crippen LogP contribution in [-0.2, 0) is 11.4 Å². The third-order valence-corrected chi connectivity index (χ3v) is 4.13. The molecule has 0 aliphatic rings. The first kappa shape index (κ1) is 19.2. The average molecular weight is 373 g/mol. The second kappa shape index (κ2) is 9.92. The van der Waals surface area contributed by atoms with E-state index in [2.05, 4.69) is 15.8 Å². The largest absolute Gasteiger partial charge is 0.488 e. The molecule has 0 aromatic heterocycles. The van der Waals surface area contributed by atoms with Crippen LogP contribution in [0.25, 0.3) is 0 Å². The lowest BCUT2D eigenvalue weighted by Gasteiger charge is -2.09. The quantitative estimate of drug-likeness (QED) is 0.461. The van der Waals surface area contributed by atoms with Gasteiger partial charge < -0.3 is 10.1 Å². The van der Waals surface area contributed by atoms with Crippen LogP contribution < -0.4 is 15.5 Å². The van der Waals surface area contributed by atoms with E-state index in [1.165, 1.54) is 0 Å². The Hall–Kier alpha value is -3.60. The molecule has 0 spiro atoms. The maximum Gasteiger partial charge on any atom is 0.259 e. The van der Waals surface area contributed by atoms with Crippen LogP contribution in [0.2, 0.25) is 0 Å². The summed E-state index contributed by atoms with van der Waals surface area (Å²) in [5.74, 6) is 0.490. The van der Waals surface area contributed by atoms with Crippen molar-refractivity contribution in [1.29, 1.82) is 0 Å². The molecule has 3 aromatic carbocycles. The summed E-state index contributed by atoms with van der Waals surface area (Å²) < 4.78 is 5.88. The summed E-state index contributed by atoms with van der Waals surface area (Å²) >= 11 is 0. The zero-order valence-corrected chi connectivity index (χ0v) is 15.8. The third-order valence-electron chi connectivity index (χ3n) is 4.13. The summed E-state index contributed by atoms with van der Waals surface area (Å²) in [6.45, 7) is 2.61. The molecule has 1 amide bonds. The number of ether oxygens (including phenoxy) is 1. The number of carbonyl (C=O) groups is 1. The van der Waals surface area contributed by atoms with Crippen LogP contribution in [0.15, 0.2) is 84.0 Å². The monoisotopic (exact) mass is 373 g/mol. The first-order valence-corrected chi connectivity index (χ1v) is 9.09. The number of anilines is 1. The van der Waals surface area contributed by atoms with Crippen molar-refractivity contribution in [3.05, 3.63) is 95.6 Å². The lowest BCUT2D eigenvalue weighted by atomic mass is 10.2. The molecule has 28 heavy (non-hydrogen) atoms. The van der Waals surface area contributed by atoms with Crippen molar-refractivity contribution in [2.24, 2.45) is 5.10 Å². The van der Waals surface area contributed by atoms with Crippen molar-refractivity contribution in [2.75, 3.05) is 11.9 Å². The lowest BCUT2D eigenvalue weighted by molar-refractivity contribution is -0.119. The molecule has 3 rings (SSSR count). The minimum absolute atomic E-state index is 0.147. The predicted molar refractivity (Wildman–Crippen MR) is 113 cm³/mol. The molecule has 3 aromatic rings. The van der Waals surface area contributed by atoms with E-state index in [0.717, 1.165) is 22.4 Å². The topological polar surface area (TPSA) is 62.7 Å². The number of hydrogen-bond donors (Lipinski definition) is 2. The zero-order chi connectivity index (χ0) is 19.6. The Labute approximate surface area is 165 Å². The first-order valence-electron chi connectivity index (χ1n) is 9.09. The minimum atomic E-state index is -0.220. The number of aryl methyl sites for hydroxylation is 1. The van der Waals surface area contributed by atoms with Crippen molar-refractivity contribution >= 4 is 17.8 Å². The number of amides is 1. The summed E-state index contributed by atoms with van der Waals surface area (Å²) in [7, 11) is 0. The number of hydrazone groups is 1. The SMILES string of the molecule is Cc1ccccc1NCC(=O)NN=Cc1ccccc1OCc1ccccc1. The van der Waals surface area contributed by atoms with Crippen LogP contribution in [0, 0.1) is 6.92 Å². The highest BCUT2D eigenvalue weighted by molar-refractivity contribution is 5.86. The fourth-order valence-corrected chi connectivity index (χ4v) is 2.61. The van der Waals surface area contributed by atoms with Gasteiger partial charge in [0, 0.05) is 11.3 Å². The smallest absolute Gasteiger partial charge is 0.259 e. The van der Waals surface area contributed by atoms with Crippen LogP contribution >= 0.6 is 0 Å². The molecule has 0 saturated heterocycles. The van der Waals surface area contributed by atoms with Gasteiger partial charge in [-0.15, -0.1) is 0 Å². The van der Waals surface area contributed by atoms with Gasteiger partial charge in [-0.2, -0.15) is 5.10 Å². The van der Waals surface area contributed by atoms with Crippen molar-refractivity contribution < 1.29 is 9.53 Å². The van der Waals surface area contributed by atoms with Crippen LogP contribution in [0.4, 0.5) is 5.69 Å². The van der Waals surface area contributed by atoms with Crippen LogP contribution in [0.5, 0.6) is 5.75 Å². The van der Waals surface area contributed by atoms with E-state index < -0.39 is 0 Å². The minimum Gasteiger partial charge on any atom is -0.488 e. The Morgan fingerprint density at radius 1 is 0.964 bits per heavy atom. The summed E-state index contributed by atoms with van der Waals surface area (Å²) in [6.07, 6.45) is 1.59. The van der Waals surface area contributed by atoms with Gasteiger partial charge in [-0.05, 0) is 36.2 Å². The van der Waals surface area contributed by atoms with Crippen molar-refractivity contribution in [3.8, 4) is 5.75 Å². The molecule has 2 N–H and O–H groups in total. The molecule has 0 saturated carbocycles. The van der Waals surface area contributed by atoms with Gasteiger partial charge in [0.25, 0.3) is 5.91 Å². The predicted octanol–water partition coefficient (Wildman–Crippen LogP) is 4.14. The molecule has 0 bridgehead atoms. The summed E-state index contributed by atoms with van der Waals surface area (Å²) in [5, 5.41) is 7.15. The fourth-order valence-electron chi connectivity index (χ4n) is 2.61. The summed E-state index contributed by atoms with van der Waals surface area (Å²) in [6, 6.07) is 25.3. The van der Waals surface area contributed by atoms with Gasteiger partial charge in [0.05, 0.1) is 12.8 Å². The Morgan fingerprint density at radius 2 is 1.68 bits per heavy atom. The number of nitrogens with zero attached hydrogens (tertiary/aromatic N) is 1. The van der Waals surface area contributed by atoms with Gasteiger partial charge >= 0.3 is 0 Å². The standard InChI is InChI=1S/C23H23N3O2/c1-18-9-5-7-13-21(18)24-16-23(27)26-25-15-20-12-6-8-14-22(20)28-17-19-10-3-2-4-11-19/h2-15,24H,16-17H2,1H3,(H,26,27). The first-order chi connectivity index (χ1) is 13.7. The van der Waals surface area contributed by atoms with E-state index in [1.54, 1.807) is 6.21 Å². The normalized spacial score (nSPS) is 10.6. The van der Waals surface area contributed by atoms with Gasteiger partial charge in [-0.25, -0.2) is 5.43 Å². The number of para-hydroxylation sites is 2. The van der Waals surface area contributed by atoms with Gasteiger partial charge in [0.2, 0.25) is 0 Å². The Bertz CT molecular complexity index is 939. The average Bonchev–Trinajstić information content (AvgIpc) is 2.73. The van der Waals surface area contributed by atoms with E-state index in [-0.39, 0.29) is 12.5 Å². The van der Waals surface area contributed by atoms with E-state index >= 15 is 0 Å². The molecule has 0 unspecified atom stereocenters. The van der Waals surface area contributed by atoms with Crippen molar-refractivity contribution in [3.63, 3.8) is 0 Å². The van der Waals surface area contributed by atoms with Crippen LogP contribution in [0.1, 0.15) is 16.7 Å². The molecule has 0 heterocycles. The number of rotatable bonds is 8. The molecule has 0 atom stereocenters. The number of carbonyl (C=O) groups excluding carboxylic acids is 1. The second-order valence-corrected chi connectivity index (χ2v) is 6.27. The highest BCUT2D eigenvalue weighted by Crippen LogP contribution is 2.17. The lowest BCUT2D eigenvalue weighted by Crippen LogP contribution is -2.26. The number of nitrogens with one attached hydrogen (secondary N) is 2. The fraction of sp³-hybridized carbons (Fsp3) is 0.130. The molecule has 0 radical (unpaired) electrons. The number of hydrogen-bond acceptors (Lipinski definition) is 4. The molecular formula is C23H23N3O2. The van der Waals surface area contributed by atoms with Gasteiger partial charge in [-0.1, -0.05) is 60.7 Å². The van der Waals surface area contributed by atoms with Crippen LogP contribution in [-0.4, -0.2) is 18.7 Å². The highest BCUT2D eigenvalue weighted by atomic mass is 16.5. The summed E-state index contributed by atoms with van der Waals surface area (Å²) in [5.41, 5.74) is 6.44. The molecule has 0 aliphatic heterocycles. The third kappa shape index (κ3) is 5.71. The van der Waals surface area contributed by atoms with E-state index in [4.69, 9.17) is 4.74 Å².